The number of hydrogen-bond acceptors (Lipinski definition) is 4. The molecule has 3 aliphatic rings. The first kappa shape index (κ1) is 21.0. The van der Waals surface area contributed by atoms with Crippen LogP contribution in [0.5, 0.6) is 0 Å². The molecule has 3 amide bonds. The van der Waals surface area contributed by atoms with E-state index in [1.165, 1.54) is 11.0 Å². The second kappa shape index (κ2) is 8.85. The molecule has 1 aliphatic carbocycles. The molecule has 0 aromatic heterocycles. The Morgan fingerprint density at radius 2 is 1.70 bits per heavy atom. The number of carbonyl (C=O) groups is 2. The van der Waals surface area contributed by atoms with Crippen molar-refractivity contribution in [2.24, 2.45) is 5.92 Å². The summed E-state index contributed by atoms with van der Waals surface area (Å²) in [7, 11) is 0. The molecule has 1 aromatic carbocycles. The fraction of sp³-hybridized carbons (Fsp3) is 0.619. The maximum absolute atomic E-state index is 13.5. The van der Waals surface area contributed by atoms with E-state index < -0.39 is 23.5 Å². The number of hydrogen-bond donors (Lipinski definition) is 1. The Morgan fingerprint density at radius 3 is 2.47 bits per heavy atom. The fourth-order valence-corrected chi connectivity index (χ4v) is 4.44. The van der Waals surface area contributed by atoms with Crippen LogP contribution in [0.1, 0.15) is 32.1 Å². The highest BCUT2D eigenvalue weighted by molar-refractivity contribution is 5.89. The molecule has 2 saturated heterocycles. The molecule has 30 heavy (non-hydrogen) atoms. The molecular weight excluding hydrogens is 396 g/mol. The van der Waals surface area contributed by atoms with Crippen LogP contribution in [0.15, 0.2) is 18.2 Å². The lowest BCUT2D eigenvalue weighted by molar-refractivity contribution is -0.262. The summed E-state index contributed by atoms with van der Waals surface area (Å²) in [4.78, 5) is 29.0. The number of anilines is 1. The molecule has 1 saturated carbocycles. The third kappa shape index (κ3) is 4.57. The van der Waals surface area contributed by atoms with Crippen molar-refractivity contribution in [3.63, 3.8) is 0 Å². The topological polar surface area (TPSA) is 71.1 Å². The predicted octanol–water partition coefficient (Wildman–Crippen LogP) is 2.96. The molecule has 164 valence electrons. The number of nitrogens with one attached hydrogen (secondary N) is 1. The average molecular weight is 423 g/mol. The molecule has 1 spiro atoms. The van der Waals surface area contributed by atoms with Gasteiger partial charge in [0.05, 0.1) is 26.3 Å². The van der Waals surface area contributed by atoms with Gasteiger partial charge >= 0.3 is 6.03 Å². The second-order valence-electron chi connectivity index (χ2n) is 8.18. The smallest absolute Gasteiger partial charge is 0.322 e. The number of morpholine rings is 1. The van der Waals surface area contributed by atoms with E-state index in [9.17, 15) is 18.4 Å². The van der Waals surface area contributed by atoms with Gasteiger partial charge in [-0.2, -0.15) is 0 Å². The highest BCUT2D eigenvalue weighted by Crippen LogP contribution is 2.30. The monoisotopic (exact) mass is 423 g/mol. The van der Waals surface area contributed by atoms with Gasteiger partial charge in [-0.3, -0.25) is 4.79 Å². The molecule has 1 aromatic rings. The molecule has 1 N–H and O–H groups in total. The molecule has 0 radical (unpaired) electrons. The highest BCUT2D eigenvalue weighted by atomic mass is 19.2. The Labute approximate surface area is 174 Å². The van der Waals surface area contributed by atoms with Gasteiger partial charge < -0.3 is 24.6 Å². The molecule has 0 bridgehead atoms. The van der Waals surface area contributed by atoms with E-state index in [4.69, 9.17) is 9.47 Å². The Morgan fingerprint density at radius 1 is 0.967 bits per heavy atom. The molecule has 1 unspecified atom stereocenters. The average Bonchev–Trinajstić information content (AvgIpc) is 3.20. The van der Waals surface area contributed by atoms with Crippen LogP contribution in [0, 0.1) is 17.6 Å². The van der Waals surface area contributed by atoms with Crippen LogP contribution in [0.25, 0.3) is 0 Å². The maximum atomic E-state index is 13.5. The van der Waals surface area contributed by atoms with Gasteiger partial charge in [0.25, 0.3) is 0 Å². The Kier molecular flexibility index (Phi) is 6.19. The Hall–Kier alpha value is -2.26. The molecule has 3 fully saturated rings. The Balaban J connectivity index is 1.44. The van der Waals surface area contributed by atoms with Crippen molar-refractivity contribution in [2.75, 3.05) is 44.7 Å². The van der Waals surface area contributed by atoms with E-state index in [2.05, 4.69) is 5.32 Å². The van der Waals surface area contributed by atoms with Crippen LogP contribution in [0.2, 0.25) is 0 Å². The zero-order valence-electron chi connectivity index (χ0n) is 16.9. The van der Waals surface area contributed by atoms with Gasteiger partial charge in [0.2, 0.25) is 11.7 Å². The van der Waals surface area contributed by atoms with Crippen molar-refractivity contribution in [1.82, 2.24) is 9.80 Å². The van der Waals surface area contributed by atoms with Gasteiger partial charge in [0.1, 0.15) is 0 Å². The van der Waals surface area contributed by atoms with Crippen molar-refractivity contribution in [3.05, 3.63) is 29.8 Å². The van der Waals surface area contributed by atoms with Gasteiger partial charge in [-0.1, -0.05) is 12.8 Å². The first-order valence-corrected chi connectivity index (χ1v) is 10.5. The summed E-state index contributed by atoms with van der Waals surface area (Å²) < 4.78 is 38.5. The van der Waals surface area contributed by atoms with Crippen molar-refractivity contribution in [3.8, 4) is 0 Å². The maximum Gasteiger partial charge on any atom is 0.322 e. The summed E-state index contributed by atoms with van der Waals surface area (Å²) in [5.74, 6) is -2.87. The summed E-state index contributed by atoms with van der Waals surface area (Å²) in [6.07, 6.45) is 4.62. The second-order valence-corrected chi connectivity index (χ2v) is 8.18. The van der Waals surface area contributed by atoms with E-state index in [1.807, 2.05) is 0 Å². The third-order valence-corrected chi connectivity index (χ3v) is 6.00. The van der Waals surface area contributed by atoms with E-state index in [-0.39, 0.29) is 30.6 Å². The standard InChI is InChI=1S/C21H27F2N3O4/c22-17-7-6-16(12-18(17)23)24-20(28)26-8-3-10-29-21(14-26)13-25(9-11-30-21)19(27)15-4-1-2-5-15/h6-7,12,15H,1-5,8-11,13-14H2,(H,24,28). The van der Waals surface area contributed by atoms with Crippen LogP contribution in [0.3, 0.4) is 0 Å². The number of halogens is 2. The predicted molar refractivity (Wildman–Crippen MR) is 105 cm³/mol. The van der Waals surface area contributed by atoms with Crippen LogP contribution in [-0.2, 0) is 14.3 Å². The van der Waals surface area contributed by atoms with Crippen molar-refractivity contribution >= 4 is 17.6 Å². The van der Waals surface area contributed by atoms with Crippen LogP contribution < -0.4 is 5.32 Å². The number of carbonyl (C=O) groups excluding carboxylic acids is 2. The highest BCUT2D eigenvalue weighted by Gasteiger charge is 2.44. The van der Waals surface area contributed by atoms with Crippen molar-refractivity contribution < 1.29 is 27.8 Å². The molecule has 1 atom stereocenters. The third-order valence-electron chi connectivity index (χ3n) is 6.00. The molecule has 2 aliphatic heterocycles. The largest absolute Gasteiger partial charge is 0.347 e. The van der Waals surface area contributed by atoms with Gasteiger partial charge in [-0.05, 0) is 31.4 Å². The molecule has 4 rings (SSSR count). The van der Waals surface area contributed by atoms with Crippen LogP contribution in [0.4, 0.5) is 19.3 Å². The molecule has 2 heterocycles. The summed E-state index contributed by atoms with van der Waals surface area (Å²) in [5.41, 5.74) is 0.167. The number of rotatable bonds is 2. The van der Waals surface area contributed by atoms with E-state index in [1.54, 1.807) is 4.90 Å². The number of benzene rings is 1. The number of nitrogens with zero attached hydrogens (tertiary/aromatic N) is 2. The zero-order chi connectivity index (χ0) is 21.1. The SMILES string of the molecule is O=C(Nc1ccc(F)c(F)c1)N1CCCOC2(C1)CN(C(=O)C1CCCC1)CCO2. The minimum atomic E-state index is -1.07. The quantitative estimate of drug-likeness (QED) is 0.794. The number of ether oxygens (including phenoxy) is 2. The van der Waals surface area contributed by atoms with Crippen molar-refractivity contribution in [2.45, 2.75) is 37.9 Å². The lowest BCUT2D eigenvalue weighted by Crippen LogP contribution is -2.60. The van der Waals surface area contributed by atoms with Crippen LogP contribution >= 0.6 is 0 Å². The van der Waals surface area contributed by atoms with Gasteiger partial charge in [-0.15, -0.1) is 0 Å². The molecular formula is C21H27F2N3O4. The summed E-state index contributed by atoms with van der Waals surface area (Å²) >= 11 is 0. The minimum Gasteiger partial charge on any atom is -0.347 e. The van der Waals surface area contributed by atoms with E-state index >= 15 is 0 Å². The number of amides is 3. The lowest BCUT2D eigenvalue weighted by Gasteiger charge is -2.43. The normalized spacial score (nSPS) is 25.4. The van der Waals surface area contributed by atoms with Crippen LogP contribution in [-0.4, -0.2) is 66.9 Å². The van der Waals surface area contributed by atoms with Crippen molar-refractivity contribution in [1.29, 1.82) is 0 Å². The Bertz CT molecular complexity index is 802. The minimum absolute atomic E-state index is 0.0682. The first-order chi connectivity index (χ1) is 14.5. The summed E-state index contributed by atoms with van der Waals surface area (Å²) in [5, 5.41) is 2.60. The lowest BCUT2D eigenvalue weighted by atomic mass is 10.1. The fourth-order valence-electron chi connectivity index (χ4n) is 4.44. The molecule has 7 nitrogen and oxygen atoms in total. The zero-order valence-corrected chi connectivity index (χ0v) is 16.9. The van der Waals surface area contributed by atoms with E-state index in [0.717, 1.165) is 37.8 Å². The molecule has 9 heteroatoms. The summed E-state index contributed by atoms with van der Waals surface area (Å²) in [6, 6.07) is 2.76. The van der Waals surface area contributed by atoms with Gasteiger partial charge in [-0.25, -0.2) is 13.6 Å². The number of urea groups is 1. The summed E-state index contributed by atoms with van der Waals surface area (Å²) in [6.45, 7) is 2.12. The van der Waals surface area contributed by atoms with Gasteiger partial charge in [0.15, 0.2) is 11.6 Å². The van der Waals surface area contributed by atoms with Gasteiger partial charge in [0, 0.05) is 30.8 Å². The van der Waals surface area contributed by atoms with E-state index in [0.29, 0.717) is 32.7 Å². The first-order valence-electron chi connectivity index (χ1n) is 10.5.